The molecule has 1 amide bonds. The lowest BCUT2D eigenvalue weighted by atomic mass is 9.94. The number of hydrogen-bond donors (Lipinski definition) is 1. The minimum Gasteiger partial charge on any atom is -0.390 e. The maximum absolute atomic E-state index is 12.8. The second kappa shape index (κ2) is 7.07. The minimum atomic E-state index is -0.441. The van der Waals surface area contributed by atoms with Crippen molar-refractivity contribution in [2.75, 3.05) is 45.2 Å². The fourth-order valence-corrected chi connectivity index (χ4v) is 3.90. The highest BCUT2D eigenvalue weighted by atomic mass is 16.3. The molecular weight excluding hydrogens is 304 g/mol. The fraction of sp³-hybridized carbons (Fsp3) is 0.667. The summed E-state index contributed by atoms with van der Waals surface area (Å²) in [6.07, 6.45) is 5.02. The third kappa shape index (κ3) is 3.39. The van der Waals surface area contributed by atoms with Crippen LogP contribution in [0.4, 0.5) is 5.69 Å². The van der Waals surface area contributed by atoms with E-state index in [2.05, 4.69) is 22.9 Å². The molecule has 1 aromatic rings. The van der Waals surface area contributed by atoms with Crippen molar-refractivity contribution in [3.05, 3.63) is 24.0 Å². The van der Waals surface area contributed by atoms with Crippen LogP contribution < -0.4 is 4.90 Å². The van der Waals surface area contributed by atoms with Gasteiger partial charge in [-0.2, -0.15) is 0 Å². The average molecular weight is 332 g/mol. The van der Waals surface area contributed by atoms with Crippen LogP contribution in [0.5, 0.6) is 0 Å². The van der Waals surface area contributed by atoms with Gasteiger partial charge in [0.25, 0.3) is 0 Å². The van der Waals surface area contributed by atoms with E-state index in [1.54, 1.807) is 0 Å². The molecule has 132 valence electrons. The van der Waals surface area contributed by atoms with Gasteiger partial charge in [-0.25, -0.2) is 0 Å². The Hall–Kier alpha value is -1.66. The van der Waals surface area contributed by atoms with Crippen molar-refractivity contribution in [1.82, 2.24) is 14.8 Å². The third-order valence-electron chi connectivity index (χ3n) is 5.41. The molecule has 0 unspecified atom stereocenters. The predicted octanol–water partition coefficient (Wildman–Crippen LogP) is 0.740. The van der Waals surface area contributed by atoms with Crippen molar-refractivity contribution in [1.29, 1.82) is 0 Å². The molecule has 0 bridgehead atoms. The molecule has 0 spiro atoms. The van der Waals surface area contributed by atoms with E-state index in [1.807, 2.05) is 36.3 Å². The molecule has 3 heterocycles. The number of amides is 1. The standard InChI is InChI=1S/C18H28N4O2/c1-13-10-19-7-4-15(13)21-8-5-14(6-9-21)18(24)22-11-16(20(2)3)17(23)12-22/h4,7,10,14,16-17,23H,5-6,8-9,11-12H2,1-3H3/t16-,17-/m0/s1. The van der Waals surface area contributed by atoms with Crippen LogP contribution in [-0.4, -0.2) is 78.2 Å². The molecule has 2 fully saturated rings. The van der Waals surface area contributed by atoms with Gasteiger partial charge in [-0.1, -0.05) is 0 Å². The number of carbonyl (C=O) groups excluding carboxylic acids is 1. The first-order chi connectivity index (χ1) is 11.5. The van der Waals surface area contributed by atoms with Gasteiger partial charge in [-0.15, -0.1) is 0 Å². The number of aromatic nitrogens is 1. The number of anilines is 1. The summed E-state index contributed by atoms with van der Waals surface area (Å²) in [4.78, 5) is 23.2. The Kier molecular flexibility index (Phi) is 5.06. The van der Waals surface area contributed by atoms with Crippen LogP contribution in [0.25, 0.3) is 0 Å². The topological polar surface area (TPSA) is 59.9 Å². The third-order valence-corrected chi connectivity index (χ3v) is 5.41. The van der Waals surface area contributed by atoms with E-state index in [0.717, 1.165) is 25.9 Å². The van der Waals surface area contributed by atoms with Crippen LogP contribution in [0.1, 0.15) is 18.4 Å². The zero-order chi connectivity index (χ0) is 17.3. The molecule has 2 saturated heterocycles. The van der Waals surface area contributed by atoms with Crippen molar-refractivity contribution in [2.45, 2.75) is 31.9 Å². The summed E-state index contributed by atoms with van der Waals surface area (Å²) < 4.78 is 0. The quantitative estimate of drug-likeness (QED) is 0.885. The van der Waals surface area contributed by atoms with Crippen LogP contribution in [0.15, 0.2) is 18.5 Å². The van der Waals surface area contributed by atoms with E-state index in [4.69, 9.17) is 0 Å². The zero-order valence-corrected chi connectivity index (χ0v) is 14.9. The van der Waals surface area contributed by atoms with Gasteiger partial charge in [0.05, 0.1) is 12.1 Å². The summed E-state index contributed by atoms with van der Waals surface area (Å²) in [6.45, 7) is 4.97. The first-order valence-electron chi connectivity index (χ1n) is 8.76. The largest absolute Gasteiger partial charge is 0.390 e. The van der Waals surface area contributed by atoms with Crippen molar-refractivity contribution in [3.8, 4) is 0 Å². The highest BCUT2D eigenvalue weighted by Gasteiger charge is 2.38. The lowest BCUT2D eigenvalue weighted by Crippen LogP contribution is -2.43. The molecule has 6 heteroatoms. The van der Waals surface area contributed by atoms with Crippen LogP contribution >= 0.6 is 0 Å². The van der Waals surface area contributed by atoms with Crippen molar-refractivity contribution < 1.29 is 9.90 Å². The molecule has 0 saturated carbocycles. The van der Waals surface area contributed by atoms with Gasteiger partial charge in [-0.3, -0.25) is 9.78 Å². The van der Waals surface area contributed by atoms with Gasteiger partial charge in [-0.05, 0) is 45.5 Å². The molecule has 24 heavy (non-hydrogen) atoms. The Morgan fingerprint density at radius 3 is 2.58 bits per heavy atom. The maximum Gasteiger partial charge on any atom is 0.225 e. The summed E-state index contributed by atoms with van der Waals surface area (Å²) in [5.74, 6) is 0.293. The SMILES string of the molecule is Cc1cnccc1N1CCC(C(=O)N2C[C@H](O)[C@@H](N(C)C)C2)CC1. The normalized spacial score (nSPS) is 25.5. The number of aryl methyl sites for hydroxylation is 1. The molecule has 2 aliphatic rings. The molecule has 2 atom stereocenters. The molecular formula is C18H28N4O2. The monoisotopic (exact) mass is 332 g/mol. The second-order valence-corrected chi connectivity index (χ2v) is 7.27. The van der Waals surface area contributed by atoms with Gasteiger partial charge >= 0.3 is 0 Å². The number of β-amino-alcohol motifs (C(OH)–C–C–N with tert-alkyl or cyclic N) is 1. The number of pyridine rings is 1. The van der Waals surface area contributed by atoms with Gasteiger partial charge in [0.15, 0.2) is 0 Å². The van der Waals surface area contributed by atoms with E-state index >= 15 is 0 Å². The number of carbonyl (C=O) groups is 1. The number of hydrogen-bond acceptors (Lipinski definition) is 5. The summed E-state index contributed by atoms with van der Waals surface area (Å²) >= 11 is 0. The van der Waals surface area contributed by atoms with E-state index in [1.165, 1.54) is 11.3 Å². The van der Waals surface area contributed by atoms with Gasteiger partial charge < -0.3 is 19.8 Å². The predicted molar refractivity (Wildman–Crippen MR) is 94.0 cm³/mol. The number of likely N-dealkylation sites (tertiary alicyclic amines) is 1. The van der Waals surface area contributed by atoms with Gasteiger partial charge in [0, 0.05) is 50.2 Å². The number of piperidine rings is 1. The number of nitrogens with zero attached hydrogens (tertiary/aromatic N) is 4. The molecule has 3 rings (SSSR count). The summed E-state index contributed by atoms with van der Waals surface area (Å²) in [6, 6.07) is 2.10. The summed E-state index contributed by atoms with van der Waals surface area (Å²) in [5, 5.41) is 10.1. The van der Waals surface area contributed by atoms with Crippen molar-refractivity contribution >= 4 is 11.6 Å². The van der Waals surface area contributed by atoms with E-state index < -0.39 is 6.10 Å². The Bertz CT molecular complexity index is 584. The van der Waals surface area contributed by atoms with Crippen LogP contribution in [0.2, 0.25) is 0 Å². The second-order valence-electron chi connectivity index (χ2n) is 7.27. The summed E-state index contributed by atoms with van der Waals surface area (Å²) in [5.41, 5.74) is 2.40. The Morgan fingerprint density at radius 1 is 1.29 bits per heavy atom. The van der Waals surface area contributed by atoms with Gasteiger partial charge in [0.2, 0.25) is 5.91 Å². The van der Waals surface area contributed by atoms with Crippen LogP contribution in [0, 0.1) is 12.8 Å². The molecule has 0 radical (unpaired) electrons. The van der Waals surface area contributed by atoms with Gasteiger partial charge in [0.1, 0.15) is 0 Å². The lowest BCUT2D eigenvalue weighted by Gasteiger charge is -2.35. The number of likely N-dealkylation sites (N-methyl/N-ethyl adjacent to an activating group) is 1. The zero-order valence-electron chi connectivity index (χ0n) is 14.9. The molecule has 6 nitrogen and oxygen atoms in total. The fourth-order valence-electron chi connectivity index (χ4n) is 3.90. The van der Waals surface area contributed by atoms with E-state index in [0.29, 0.717) is 13.1 Å². The van der Waals surface area contributed by atoms with E-state index in [-0.39, 0.29) is 17.9 Å². The Morgan fingerprint density at radius 2 is 2.00 bits per heavy atom. The molecule has 1 aromatic heterocycles. The highest BCUT2D eigenvalue weighted by Crippen LogP contribution is 2.27. The maximum atomic E-state index is 12.8. The van der Waals surface area contributed by atoms with Crippen LogP contribution in [0.3, 0.4) is 0 Å². The number of rotatable bonds is 3. The van der Waals surface area contributed by atoms with Crippen LogP contribution in [-0.2, 0) is 4.79 Å². The minimum absolute atomic E-state index is 0.0495. The average Bonchev–Trinajstić information content (AvgIpc) is 2.97. The first-order valence-corrected chi connectivity index (χ1v) is 8.76. The molecule has 2 aliphatic heterocycles. The molecule has 1 N–H and O–H groups in total. The smallest absolute Gasteiger partial charge is 0.225 e. The first kappa shape index (κ1) is 17.2. The van der Waals surface area contributed by atoms with E-state index in [9.17, 15) is 9.90 Å². The number of aliphatic hydroxyl groups excluding tert-OH is 1. The highest BCUT2D eigenvalue weighted by molar-refractivity contribution is 5.79. The Balaban J connectivity index is 1.57. The van der Waals surface area contributed by atoms with Crippen molar-refractivity contribution in [3.63, 3.8) is 0 Å². The lowest BCUT2D eigenvalue weighted by molar-refractivity contribution is -0.135. The van der Waals surface area contributed by atoms with Crippen molar-refractivity contribution in [2.24, 2.45) is 5.92 Å². The number of aliphatic hydroxyl groups is 1. The molecule has 0 aliphatic carbocycles. The summed E-state index contributed by atoms with van der Waals surface area (Å²) in [7, 11) is 3.91. The molecule has 0 aromatic carbocycles. The Labute approximate surface area is 144 Å².